The molecular weight excluding hydrogens is 671 g/mol. The van der Waals surface area contributed by atoms with Gasteiger partial charge in [-0.1, -0.05) is 60.0 Å². The number of nitriles is 1. The number of aromatic nitrogens is 1. The minimum absolute atomic E-state index is 0.224. The molecule has 6 rings (SSSR count). The fourth-order valence-electron chi connectivity index (χ4n) is 6.50. The van der Waals surface area contributed by atoms with Gasteiger partial charge in [-0.25, -0.2) is 0 Å². The predicted octanol–water partition coefficient (Wildman–Crippen LogP) is 8.48. The van der Waals surface area contributed by atoms with Crippen molar-refractivity contribution in [3.8, 4) is 34.4 Å². The number of hydrogen-bond donors (Lipinski definition) is 0. The predicted molar refractivity (Wildman–Crippen MR) is 197 cm³/mol. The molecule has 0 saturated carbocycles. The smallest absolute Gasteiger partial charge is 0.142 e. The van der Waals surface area contributed by atoms with Crippen molar-refractivity contribution in [2.75, 3.05) is 52.5 Å². The molecule has 8 nitrogen and oxygen atoms in total. The molecule has 0 atom stereocenters. The van der Waals surface area contributed by atoms with Gasteiger partial charge in [-0.05, 0) is 68.6 Å². The molecule has 262 valence electrons. The summed E-state index contributed by atoms with van der Waals surface area (Å²) in [6, 6.07) is 19.8. The van der Waals surface area contributed by atoms with E-state index in [1.54, 1.807) is 18.5 Å². The zero-order valence-electron chi connectivity index (χ0n) is 28.6. The molecular formula is C40H44Cl2N4O4. The highest BCUT2D eigenvalue weighted by Gasteiger charge is 2.19. The van der Waals surface area contributed by atoms with Gasteiger partial charge in [0.25, 0.3) is 0 Å². The first-order chi connectivity index (χ1) is 24.5. The van der Waals surface area contributed by atoms with Gasteiger partial charge in [0.1, 0.15) is 36.5 Å². The molecule has 10 heteroatoms. The van der Waals surface area contributed by atoms with Crippen LogP contribution in [0, 0.1) is 18.3 Å². The first-order valence-electron chi connectivity index (χ1n) is 17.4. The summed E-state index contributed by atoms with van der Waals surface area (Å²) >= 11 is 13.9. The first kappa shape index (κ1) is 36.0. The third-order valence-electron chi connectivity index (χ3n) is 9.29. The van der Waals surface area contributed by atoms with E-state index in [-0.39, 0.29) is 13.2 Å². The van der Waals surface area contributed by atoms with Crippen LogP contribution in [0.2, 0.25) is 10.0 Å². The van der Waals surface area contributed by atoms with Crippen LogP contribution in [0.3, 0.4) is 0 Å². The lowest BCUT2D eigenvalue weighted by molar-refractivity contribution is 0.0358. The van der Waals surface area contributed by atoms with E-state index in [2.05, 4.69) is 33.8 Å². The third kappa shape index (κ3) is 9.48. The maximum Gasteiger partial charge on any atom is 0.142 e. The summed E-state index contributed by atoms with van der Waals surface area (Å²) in [6.45, 7) is 10.6. The average Bonchev–Trinajstić information content (AvgIpc) is 3.15. The highest BCUT2D eigenvalue weighted by atomic mass is 35.5. The van der Waals surface area contributed by atoms with Gasteiger partial charge >= 0.3 is 0 Å². The molecule has 0 amide bonds. The van der Waals surface area contributed by atoms with E-state index in [0.717, 1.165) is 98.0 Å². The topological polar surface area (TPSA) is 80.1 Å². The standard InChI is InChI=1S/C40H44Cl2N4O4/c1-29-34(9-6-11-37(29)48-17-7-14-45-15-18-47-19-16-45)35-10-5-8-32(40(35)42)28-50-39-22-38(49-27-31-20-30(23-43)24-44-25-31)33(21-36(39)41)26-46-12-3-2-4-13-46/h5-6,8-11,20-22,24-25H,2-4,7,12-19,26-28H2,1H3. The van der Waals surface area contributed by atoms with Crippen molar-refractivity contribution in [2.45, 2.75) is 52.4 Å². The van der Waals surface area contributed by atoms with Crippen LogP contribution >= 0.6 is 23.2 Å². The van der Waals surface area contributed by atoms with Gasteiger partial charge in [-0.3, -0.25) is 14.8 Å². The summed E-state index contributed by atoms with van der Waals surface area (Å²) in [6.07, 6.45) is 7.84. The Morgan fingerprint density at radius 3 is 2.40 bits per heavy atom. The second kappa shape index (κ2) is 17.9. The van der Waals surface area contributed by atoms with Crippen LogP contribution in [-0.4, -0.2) is 67.3 Å². The molecule has 0 spiro atoms. The van der Waals surface area contributed by atoms with Gasteiger partial charge in [0.05, 0.1) is 35.4 Å². The lowest BCUT2D eigenvalue weighted by Gasteiger charge is -2.27. The molecule has 2 fully saturated rings. The number of hydrogen-bond acceptors (Lipinski definition) is 8. The van der Waals surface area contributed by atoms with Crippen LogP contribution in [0.15, 0.2) is 67.0 Å². The summed E-state index contributed by atoms with van der Waals surface area (Å²) in [7, 11) is 0. The normalized spacial score (nSPS) is 15.4. The first-order valence-corrected chi connectivity index (χ1v) is 18.2. The maximum atomic E-state index is 9.31. The van der Waals surface area contributed by atoms with E-state index in [9.17, 15) is 5.26 Å². The van der Waals surface area contributed by atoms with Gasteiger partial charge in [0.2, 0.25) is 0 Å². The van der Waals surface area contributed by atoms with Gasteiger partial charge < -0.3 is 18.9 Å². The lowest BCUT2D eigenvalue weighted by Crippen LogP contribution is -2.37. The maximum absolute atomic E-state index is 9.31. The number of ether oxygens (including phenoxy) is 4. The molecule has 0 unspecified atom stereocenters. The molecule has 2 aliphatic heterocycles. The Hall–Kier alpha value is -3.84. The Labute approximate surface area is 305 Å². The van der Waals surface area contributed by atoms with Gasteiger partial charge in [-0.15, -0.1) is 0 Å². The molecule has 3 aromatic carbocycles. The van der Waals surface area contributed by atoms with E-state index in [4.69, 9.17) is 42.1 Å². The Morgan fingerprint density at radius 2 is 1.58 bits per heavy atom. The largest absolute Gasteiger partial charge is 0.493 e. The highest BCUT2D eigenvalue weighted by Crippen LogP contribution is 2.38. The highest BCUT2D eigenvalue weighted by molar-refractivity contribution is 6.34. The van der Waals surface area contributed by atoms with Crippen LogP contribution in [0.25, 0.3) is 11.1 Å². The van der Waals surface area contributed by atoms with Crippen molar-refractivity contribution < 1.29 is 18.9 Å². The van der Waals surface area contributed by atoms with Crippen LogP contribution in [0.4, 0.5) is 0 Å². The number of piperidine rings is 1. The van der Waals surface area contributed by atoms with Gasteiger partial charge in [-0.2, -0.15) is 5.26 Å². The number of halogens is 2. The zero-order valence-corrected chi connectivity index (χ0v) is 30.1. The monoisotopic (exact) mass is 714 g/mol. The fourth-order valence-corrected chi connectivity index (χ4v) is 7.03. The molecule has 2 aliphatic rings. The second-order valence-corrected chi connectivity index (χ2v) is 13.6. The molecule has 50 heavy (non-hydrogen) atoms. The summed E-state index contributed by atoms with van der Waals surface area (Å²) < 4.78 is 24.4. The van der Waals surface area contributed by atoms with E-state index in [1.165, 1.54) is 19.3 Å². The summed E-state index contributed by atoms with van der Waals surface area (Å²) in [5.74, 6) is 2.06. The van der Waals surface area contributed by atoms with Crippen molar-refractivity contribution in [3.05, 3.63) is 105 Å². The number of nitrogens with zero attached hydrogens (tertiary/aromatic N) is 4. The van der Waals surface area contributed by atoms with E-state index < -0.39 is 0 Å². The Balaban J connectivity index is 1.16. The van der Waals surface area contributed by atoms with Crippen molar-refractivity contribution >= 4 is 23.2 Å². The van der Waals surface area contributed by atoms with Crippen LogP contribution in [0.5, 0.6) is 17.2 Å². The zero-order chi connectivity index (χ0) is 34.7. The molecule has 0 radical (unpaired) electrons. The summed E-state index contributed by atoms with van der Waals surface area (Å²) in [5, 5.41) is 10.4. The third-order valence-corrected chi connectivity index (χ3v) is 10.0. The van der Waals surface area contributed by atoms with Crippen molar-refractivity contribution in [1.29, 1.82) is 5.26 Å². The Bertz CT molecular complexity index is 1780. The van der Waals surface area contributed by atoms with Crippen molar-refractivity contribution in [3.63, 3.8) is 0 Å². The van der Waals surface area contributed by atoms with Crippen LogP contribution < -0.4 is 14.2 Å². The van der Waals surface area contributed by atoms with E-state index in [1.807, 2.05) is 42.5 Å². The number of pyridine rings is 1. The SMILES string of the molecule is Cc1c(OCCCN2CCOCC2)cccc1-c1cccc(COc2cc(OCc3cncc(C#N)c3)c(CN3CCCCC3)cc2Cl)c1Cl. The number of morpholine rings is 1. The molecule has 3 heterocycles. The number of benzene rings is 3. The summed E-state index contributed by atoms with van der Waals surface area (Å²) in [4.78, 5) is 9.03. The molecule has 0 N–H and O–H groups in total. The summed E-state index contributed by atoms with van der Waals surface area (Å²) in [5.41, 5.74) is 6.13. The van der Waals surface area contributed by atoms with E-state index >= 15 is 0 Å². The number of rotatable bonds is 14. The molecule has 4 aromatic rings. The van der Waals surface area contributed by atoms with Gasteiger partial charge in [0.15, 0.2) is 0 Å². The fraction of sp³-hybridized carbons (Fsp3) is 0.400. The van der Waals surface area contributed by atoms with E-state index in [0.29, 0.717) is 33.7 Å². The Kier molecular flexibility index (Phi) is 12.9. The number of likely N-dealkylation sites (tertiary alicyclic amines) is 1. The molecule has 0 aliphatic carbocycles. The average molecular weight is 716 g/mol. The quantitative estimate of drug-likeness (QED) is 0.120. The second-order valence-electron chi connectivity index (χ2n) is 12.9. The minimum Gasteiger partial charge on any atom is -0.493 e. The lowest BCUT2D eigenvalue weighted by atomic mass is 9.98. The van der Waals surface area contributed by atoms with Crippen LogP contribution in [-0.2, 0) is 24.5 Å². The van der Waals surface area contributed by atoms with Crippen molar-refractivity contribution in [2.24, 2.45) is 0 Å². The molecule has 0 bridgehead atoms. The minimum atomic E-state index is 0.224. The molecule has 1 aromatic heterocycles. The Morgan fingerprint density at radius 1 is 0.800 bits per heavy atom. The van der Waals surface area contributed by atoms with Crippen LogP contribution in [0.1, 0.15) is 53.5 Å². The van der Waals surface area contributed by atoms with Gasteiger partial charge in [0, 0.05) is 66.9 Å². The molecule has 2 saturated heterocycles. The van der Waals surface area contributed by atoms with Crippen molar-refractivity contribution in [1.82, 2.24) is 14.8 Å².